The summed E-state index contributed by atoms with van der Waals surface area (Å²) in [7, 11) is -1.17. The van der Waals surface area contributed by atoms with E-state index in [0.29, 0.717) is 17.4 Å². The fourth-order valence-corrected chi connectivity index (χ4v) is 7.35. The molecule has 0 aliphatic carbocycles. The zero-order valence-corrected chi connectivity index (χ0v) is 20.8. The number of aromatic nitrogens is 4. The smallest absolute Gasteiger partial charge is 0.191 e. The van der Waals surface area contributed by atoms with Crippen molar-refractivity contribution in [3.8, 4) is 11.3 Å². The monoisotopic (exact) mass is 494 g/mol. The minimum atomic E-state index is -3.01. The highest BCUT2D eigenvalue weighted by Gasteiger charge is 2.33. The summed E-state index contributed by atoms with van der Waals surface area (Å²) in [6.45, 7) is 2.84. The van der Waals surface area contributed by atoms with Crippen LogP contribution in [0.25, 0.3) is 22.2 Å². The molecule has 0 spiro atoms. The number of Topliss-reactive ketones (excluding diaryl/α,β-unsaturated/α-hetero) is 1. The predicted octanol–water partition coefficient (Wildman–Crippen LogP) is 4.33. The molecule has 4 aromatic rings. The van der Waals surface area contributed by atoms with E-state index >= 15 is 0 Å². The van der Waals surface area contributed by atoms with Crippen LogP contribution in [-0.2, 0) is 23.4 Å². The Morgan fingerprint density at radius 2 is 1.82 bits per heavy atom. The molecule has 7 nitrogen and oxygen atoms in total. The molecule has 0 bridgehead atoms. The Labute approximate surface area is 203 Å². The van der Waals surface area contributed by atoms with Crippen LogP contribution in [0.15, 0.2) is 59.8 Å². The molecule has 2 aromatic heterocycles. The van der Waals surface area contributed by atoms with Gasteiger partial charge in [-0.2, -0.15) is 0 Å². The second kappa shape index (κ2) is 9.03. The SMILES string of the molecule is CCn1c(-c2ccccc2)c(C(=O)CSc2nnc(C3CCS(=O)(=O)C3)n2C)c2ccccc21. The van der Waals surface area contributed by atoms with Gasteiger partial charge in [-0.15, -0.1) is 10.2 Å². The molecule has 1 aliphatic rings. The molecule has 176 valence electrons. The quantitative estimate of drug-likeness (QED) is 0.281. The first-order valence-electron chi connectivity index (χ1n) is 11.3. The van der Waals surface area contributed by atoms with Crippen molar-refractivity contribution in [2.75, 3.05) is 17.3 Å². The van der Waals surface area contributed by atoms with Gasteiger partial charge in [-0.1, -0.05) is 60.3 Å². The summed E-state index contributed by atoms with van der Waals surface area (Å²) in [5.41, 5.74) is 3.71. The average Bonchev–Trinajstić information content (AvgIpc) is 3.50. The van der Waals surface area contributed by atoms with E-state index < -0.39 is 9.84 Å². The van der Waals surface area contributed by atoms with Crippen LogP contribution < -0.4 is 0 Å². The number of aryl methyl sites for hydroxylation is 1. The Bertz CT molecular complexity index is 1470. The topological polar surface area (TPSA) is 86.8 Å². The molecular formula is C25H26N4O3S2. The van der Waals surface area contributed by atoms with E-state index in [2.05, 4.69) is 27.8 Å². The Morgan fingerprint density at radius 3 is 2.53 bits per heavy atom. The van der Waals surface area contributed by atoms with Gasteiger partial charge in [0.25, 0.3) is 0 Å². The average molecular weight is 495 g/mol. The molecule has 1 aliphatic heterocycles. The number of rotatable bonds is 7. The summed E-state index contributed by atoms with van der Waals surface area (Å²) in [6.07, 6.45) is 0.564. The van der Waals surface area contributed by atoms with E-state index in [-0.39, 0.29) is 29.0 Å². The maximum absolute atomic E-state index is 13.6. The molecule has 0 saturated carbocycles. The lowest BCUT2D eigenvalue weighted by Crippen LogP contribution is -2.10. The number of nitrogens with zero attached hydrogens (tertiary/aromatic N) is 4. The second-order valence-electron chi connectivity index (χ2n) is 8.56. The van der Waals surface area contributed by atoms with Gasteiger partial charge in [0, 0.05) is 30.4 Å². The van der Waals surface area contributed by atoms with E-state index in [1.807, 2.05) is 60.1 Å². The molecule has 34 heavy (non-hydrogen) atoms. The number of carbonyl (C=O) groups is 1. The molecule has 1 fully saturated rings. The highest BCUT2D eigenvalue weighted by molar-refractivity contribution is 7.99. The molecule has 9 heteroatoms. The van der Waals surface area contributed by atoms with Crippen molar-refractivity contribution in [3.63, 3.8) is 0 Å². The first-order valence-corrected chi connectivity index (χ1v) is 14.1. The zero-order chi connectivity index (χ0) is 23.9. The minimum Gasteiger partial charge on any atom is -0.340 e. The molecule has 0 radical (unpaired) electrons. The number of thioether (sulfide) groups is 1. The Morgan fingerprint density at radius 1 is 1.09 bits per heavy atom. The van der Waals surface area contributed by atoms with Crippen LogP contribution in [0.5, 0.6) is 0 Å². The van der Waals surface area contributed by atoms with E-state index in [0.717, 1.165) is 34.3 Å². The van der Waals surface area contributed by atoms with Crippen molar-refractivity contribution in [1.82, 2.24) is 19.3 Å². The van der Waals surface area contributed by atoms with Crippen LogP contribution in [0.1, 0.15) is 35.4 Å². The maximum atomic E-state index is 13.6. The summed E-state index contributed by atoms with van der Waals surface area (Å²) in [5.74, 6) is 1.07. The Balaban J connectivity index is 1.46. The number of fused-ring (bicyclic) bond motifs is 1. The van der Waals surface area contributed by atoms with Gasteiger partial charge in [0.05, 0.1) is 28.5 Å². The van der Waals surface area contributed by atoms with Crippen LogP contribution in [0, 0.1) is 0 Å². The van der Waals surface area contributed by atoms with Crippen molar-refractivity contribution in [2.24, 2.45) is 7.05 Å². The first-order chi connectivity index (χ1) is 16.4. The van der Waals surface area contributed by atoms with Gasteiger partial charge < -0.3 is 9.13 Å². The number of hydrogen-bond acceptors (Lipinski definition) is 6. The van der Waals surface area contributed by atoms with Gasteiger partial charge in [0.15, 0.2) is 20.8 Å². The molecule has 1 unspecified atom stereocenters. The largest absolute Gasteiger partial charge is 0.340 e. The maximum Gasteiger partial charge on any atom is 0.191 e. The molecule has 5 rings (SSSR count). The number of ketones is 1. The second-order valence-corrected chi connectivity index (χ2v) is 11.7. The standard InChI is InChI=1S/C25H26N4O3S2/c1-3-29-20-12-8-7-11-19(20)22(23(29)17-9-5-4-6-10-17)21(30)15-33-25-27-26-24(28(25)2)18-13-14-34(31,32)16-18/h4-12,18H,3,13-16H2,1-2H3. The molecule has 0 N–H and O–H groups in total. The fourth-order valence-electron chi connectivity index (χ4n) is 4.82. The fraction of sp³-hybridized carbons (Fsp3) is 0.320. The van der Waals surface area contributed by atoms with Crippen LogP contribution >= 0.6 is 11.8 Å². The Kier molecular flexibility index (Phi) is 6.07. The van der Waals surface area contributed by atoms with Crippen LogP contribution in [-0.4, -0.2) is 50.8 Å². The predicted molar refractivity (Wildman–Crippen MR) is 135 cm³/mol. The van der Waals surface area contributed by atoms with Crippen LogP contribution in [0.4, 0.5) is 0 Å². The number of benzene rings is 2. The van der Waals surface area contributed by atoms with Crippen molar-refractivity contribution in [1.29, 1.82) is 0 Å². The van der Waals surface area contributed by atoms with Crippen molar-refractivity contribution >= 4 is 38.3 Å². The number of carbonyl (C=O) groups excluding carboxylic acids is 1. The van der Waals surface area contributed by atoms with E-state index in [4.69, 9.17) is 0 Å². The Hall–Kier alpha value is -2.91. The number of sulfone groups is 1. The summed E-state index contributed by atoms with van der Waals surface area (Å²) in [5, 5.41) is 10.1. The van der Waals surface area contributed by atoms with E-state index in [1.165, 1.54) is 11.8 Å². The molecular weight excluding hydrogens is 468 g/mol. The lowest BCUT2D eigenvalue weighted by molar-refractivity contribution is 0.102. The highest BCUT2D eigenvalue weighted by Crippen LogP contribution is 2.35. The lowest BCUT2D eigenvalue weighted by Gasteiger charge is -2.10. The lowest BCUT2D eigenvalue weighted by atomic mass is 10.0. The van der Waals surface area contributed by atoms with Crippen LogP contribution in [0.2, 0.25) is 0 Å². The van der Waals surface area contributed by atoms with Gasteiger partial charge in [0.2, 0.25) is 0 Å². The van der Waals surface area contributed by atoms with Gasteiger partial charge in [-0.05, 0) is 25.0 Å². The van der Waals surface area contributed by atoms with Crippen molar-refractivity contribution < 1.29 is 13.2 Å². The third-order valence-corrected chi connectivity index (χ3v) is 9.20. The molecule has 2 aromatic carbocycles. The molecule has 0 amide bonds. The summed E-state index contributed by atoms with van der Waals surface area (Å²) in [6, 6.07) is 18.0. The van der Waals surface area contributed by atoms with Gasteiger partial charge in [-0.25, -0.2) is 8.42 Å². The third-order valence-electron chi connectivity index (χ3n) is 6.41. The summed E-state index contributed by atoms with van der Waals surface area (Å²) >= 11 is 1.34. The van der Waals surface area contributed by atoms with Crippen molar-refractivity contribution in [2.45, 2.75) is 31.0 Å². The first kappa shape index (κ1) is 22.9. The number of hydrogen-bond donors (Lipinski definition) is 0. The molecule has 3 heterocycles. The normalized spacial score (nSPS) is 17.4. The van der Waals surface area contributed by atoms with Gasteiger partial charge in [-0.3, -0.25) is 4.79 Å². The van der Waals surface area contributed by atoms with Crippen molar-refractivity contribution in [3.05, 3.63) is 66.0 Å². The van der Waals surface area contributed by atoms with E-state index in [9.17, 15) is 13.2 Å². The summed E-state index contributed by atoms with van der Waals surface area (Å²) < 4.78 is 27.8. The van der Waals surface area contributed by atoms with Crippen LogP contribution in [0.3, 0.4) is 0 Å². The van der Waals surface area contributed by atoms with Gasteiger partial charge >= 0.3 is 0 Å². The van der Waals surface area contributed by atoms with E-state index in [1.54, 1.807) is 0 Å². The third kappa shape index (κ3) is 4.07. The number of para-hydroxylation sites is 1. The summed E-state index contributed by atoms with van der Waals surface area (Å²) in [4.78, 5) is 13.6. The molecule has 1 atom stereocenters. The molecule has 1 saturated heterocycles. The van der Waals surface area contributed by atoms with Gasteiger partial charge in [0.1, 0.15) is 5.82 Å². The zero-order valence-electron chi connectivity index (χ0n) is 19.1. The highest BCUT2D eigenvalue weighted by atomic mass is 32.2. The minimum absolute atomic E-state index is 0.0280.